The third kappa shape index (κ3) is 2.18. The average Bonchev–Trinajstić information content (AvgIpc) is 2.23. The summed E-state index contributed by atoms with van der Waals surface area (Å²) in [4.78, 5) is 0. The van der Waals surface area contributed by atoms with Gasteiger partial charge in [-0.05, 0) is 12.8 Å². The highest BCUT2D eigenvalue weighted by Gasteiger charge is 2.12. The summed E-state index contributed by atoms with van der Waals surface area (Å²) in [6.07, 6.45) is 3.79. The van der Waals surface area contributed by atoms with Crippen LogP contribution in [0.2, 0.25) is 0 Å². The lowest BCUT2D eigenvalue weighted by atomic mass is 10.1. The largest absolute Gasteiger partial charge is 0.291 e. The van der Waals surface area contributed by atoms with E-state index in [-0.39, 0.29) is 12.0 Å². The van der Waals surface area contributed by atoms with Gasteiger partial charge in [0.15, 0.2) is 11.3 Å². The number of rotatable bonds is 4. The summed E-state index contributed by atoms with van der Waals surface area (Å²) in [7, 11) is 0. The van der Waals surface area contributed by atoms with Crippen LogP contribution < -0.4 is 5.49 Å². The van der Waals surface area contributed by atoms with Crippen molar-refractivity contribution in [3.8, 4) is 0 Å². The molecule has 0 amide bonds. The Hall–Kier alpha value is -1.78. The van der Waals surface area contributed by atoms with Crippen molar-refractivity contribution in [1.29, 1.82) is 10.8 Å². The molecule has 0 saturated heterocycles. The van der Waals surface area contributed by atoms with Gasteiger partial charge in [-0.15, -0.1) is 6.58 Å². The lowest BCUT2D eigenvalue weighted by molar-refractivity contribution is 0.523. The molecule has 1 heterocycles. The number of hydrogen-bond acceptors (Lipinski definition) is 2. The number of halogens is 2. The maximum absolute atomic E-state index is 13.4. The molecule has 15 heavy (non-hydrogen) atoms. The van der Waals surface area contributed by atoms with Gasteiger partial charge in [0.25, 0.3) is 0 Å². The lowest BCUT2D eigenvalue weighted by Gasteiger charge is -2.06. The Morgan fingerprint density at radius 1 is 1.47 bits per heavy atom. The smallest absolute Gasteiger partial charge is 0.171 e. The molecular weight excluding hydrogens is 200 g/mol. The minimum Gasteiger partial charge on any atom is -0.291 e. The first-order chi connectivity index (χ1) is 7.11. The number of allylic oxidation sites excluding steroid dienone is 1. The third-order valence-electron chi connectivity index (χ3n) is 2.01. The molecule has 0 aliphatic heterocycles. The van der Waals surface area contributed by atoms with Crippen LogP contribution in [0.5, 0.6) is 0 Å². The minimum absolute atomic E-state index is 0.127. The molecule has 0 aliphatic carbocycles. The second-order valence-electron chi connectivity index (χ2n) is 2.98. The van der Waals surface area contributed by atoms with E-state index < -0.39 is 17.1 Å². The quantitative estimate of drug-likeness (QED) is 0.433. The Kier molecular flexibility index (Phi) is 3.49. The molecule has 0 radical (unpaired) electrons. The molecule has 0 spiro atoms. The van der Waals surface area contributed by atoms with E-state index in [0.717, 1.165) is 10.8 Å². The number of hydrogen-bond donors (Lipinski definition) is 2. The van der Waals surface area contributed by atoms with Crippen molar-refractivity contribution in [1.82, 2.24) is 4.57 Å². The molecule has 0 aromatic carbocycles. The summed E-state index contributed by atoms with van der Waals surface area (Å²) < 4.78 is 27.5. The fourth-order valence-electron chi connectivity index (χ4n) is 1.20. The van der Waals surface area contributed by atoms with Gasteiger partial charge in [-0.1, -0.05) is 6.08 Å². The predicted octanol–water partition coefficient (Wildman–Crippen LogP) is 1.82. The van der Waals surface area contributed by atoms with Crippen LogP contribution in [0, 0.1) is 22.5 Å². The zero-order valence-electron chi connectivity index (χ0n) is 8.06. The first-order valence-corrected chi connectivity index (χ1v) is 4.37. The van der Waals surface area contributed by atoms with E-state index in [9.17, 15) is 8.78 Å². The molecule has 0 aliphatic rings. The van der Waals surface area contributed by atoms with Crippen LogP contribution in [-0.4, -0.2) is 10.9 Å². The molecule has 2 N–H and O–H groups in total. The van der Waals surface area contributed by atoms with E-state index in [1.165, 1.54) is 0 Å². The monoisotopic (exact) mass is 211 g/mol. The zero-order valence-corrected chi connectivity index (χ0v) is 8.06. The number of aromatic nitrogens is 1. The molecule has 5 heteroatoms. The molecule has 3 nitrogen and oxygen atoms in total. The Morgan fingerprint density at radius 3 is 2.67 bits per heavy atom. The van der Waals surface area contributed by atoms with Gasteiger partial charge in [0.1, 0.15) is 5.82 Å². The molecule has 80 valence electrons. The Morgan fingerprint density at radius 2 is 2.13 bits per heavy atom. The molecule has 1 rings (SSSR count). The van der Waals surface area contributed by atoms with Crippen molar-refractivity contribution >= 4 is 6.34 Å². The summed E-state index contributed by atoms with van der Waals surface area (Å²) in [5.41, 5.74) is -0.636. The van der Waals surface area contributed by atoms with Crippen LogP contribution >= 0.6 is 0 Å². The van der Waals surface area contributed by atoms with Crippen molar-refractivity contribution in [3.05, 3.63) is 41.5 Å². The van der Waals surface area contributed by atoms with Crippen LogP contribution in [0.4, 0.5) is 8.78 Å². The first kappa shape index (κ1) is 11.3. The Balaban J connectivity index is 3.29. The van der Waals surface area contributed by atoms with Gasteiger partial charge in [-0.3, -0.25) is 15.4 Å². The van der Waals surface area contributed by atoms with Gasteiger partial charge in [-0.2, -0.15) is 0 Å². The van der Waals surface area contributed by atoms with Crippen molar-refractivity contribution < 1.29 is 8.78 Å². The second kappa shape index (κ2) is 4.63. The van der Waals surface area contributed by atoms with Crippen molar-refractivity contribution in [2.24, 2.45) is 0 Å². The number of pyridine rings is 1. The minimum atomic E-state index is -0.916. The van der Waals surface area contributed by atoms with Crippen molar-refractivity contribution in [2.45, 2.75) is 12.8 Å². The van der Waals surface area contributed by atoms with E-state index in [1.54, 1.807) is 6.08 Å². The molecule has 1 aromatic rings. The van der Waals surface area contributed by atoms with Gasteiger partial charge < -0.3 is 0 Å². The summed E-state index contributed by atoms with van der Waals surface area (Å²) in [5.74, 6) is -1.66. The fourth-order valence-corrected chi connectivity index (χ4v) is 1.20. The predicted molar refractivity (Wildman–Crippen MR) is 52.9 cm³/mol. The van der Waals surface area contributed by atoms with E-state index in [1.807, 2.05) is 0 Å². The van der Waals surface area contributed by atoms with Gasteiger partial charge in [-0.25, -0.2) is 8.78 Å². The number of nitrogens with one attached hydrogen (secondary N) is 2. The topological polar surface area (TPSA) is 52.6 Å². The molecule has 1 aromatic heterocycles. The molecule has 0 saturated carbocycles. The van der Waals surface area contributed by atoms with Gasteiger partial charge in [0.05, 0.1) is 6.34 Å². The average molecular weight is 211 g/mol. The number of nitrogens with zero attached hydrogens (tertiary/aromatic N) is 1. The fraction of sp³-hybridized carbons (Fsp3) is 0.200. The summed E-state index contributed by atoms with van der Waals surface area (Å²) in [6.45, 7) is 3.46. The van der Waals surface area contributed by atoms with Crippen LogP contribution in [-0.2, 0) is 6.42 Å². The molecule has 0 unspecified atom stereocenters. The highest BCUT2D eigenvalue weighted by atomic mass is 19.1. The third-order valence-corrected chi connectivity index (χ3v) is 2.01. The summed E-state index contributed by atoms with van der Waals surface area (Å²) >= 11 is 0. The maximum Gasteiger partial charge on any atom is 0.171 e. The second-order valence-corrected chi connectivity index (χ2v) is 2.98. The van der Waals surface area contributed by atoms with Crippen molar-refractivity contribution in [2.75, 3.05) is 0 Å². The highest BCUT2D eigenvalue weighted by molar-refractivity contribution is 5.54. The maximum atomic E-state index is 13.4. The van der Waals surface area contributed by atoms with E-state index >= 15 is 0 Å². The van der Waals surface area contributed by atoms with E-state index in [4.69, 9.17) is 10.8 Å². The molecule has 0 bridgehead atoms. The van der Waals surface area contributed by atoms with E-state index in [0.29, 0.717) is 12.8 Å². The molecule has 0 fully saturated rings. The zero-order chi connectivity index (χ0) is 11.4. The van der Waals surface area contributed by atoms with Crippen LogP contribution in [0.1, 0.15) is 12.0 Å². The van der Waals surface area contributed by atoms with Crippen LogP contribution in [0.3, 0.4) is 0 Å². The van der Waals surface area contributed by atoms with Gasteiger partial charge in [0.2, 0.25) is 0 Å². The van der Waals surface area contributed by atoms with E-state index in [2.05, 4.69) is 6.58 Å². The molecular formula is C10H11F2N3. The normalized spacial score (nSPS) is 10.0. The van der Waals surface area contributed by atoms with Crippen LogP contribution in [0.25, 0.3) is 0 Å². The summed E-state index contributed by atoms with van der Waals surface area (Å²) in [5, 5.41) is 14.2. The Labute approximate surface area is 85.7 Å². The summed E-state index contributed by atoms with van der Waals surface area (Å²) in [6, 6.07) is 0. The molecule has 0 atom stereocenters. The standard InChI is InChI=1S/C10H11F2N3/c1-2-3-4-7-8(11)5-15(6-13)10(14)9(7)12/h2,5-6,13-14H,1,3-4H2. The van der Waals surface area contributed by atoms with Crippen molar-refractivity contribution in [3.63, 3.8) is 0 Å². The first-order valence-electron chi connectivity index (χ1n) is 4.37. The van der Waals surface area contributed by atoms with Gasteiger partial charge in [0, 0.05) is 11.8 Å². The van der Waals surface area contributed by atoms with Gasteiger partial charge >= 0.3 is 0 Å². The highest BCUT2D eigenvalue weighted by Crippen LogP contribution is 2.10. The lowest BCUT2D eigenvalue weighted by Crippen LogP contribution is -2.25. The Bertz CT molecular complexity index is 449. The van der Waals surface area contributed by atoms with Crippen LogP contribution in [0.15, 0.2) is 18.9 Å². The SMILES string of the molecule is C=CCCc1c(F)cn(C=N)c(=N)c1F.